The highest BCUT2D eigenvalue weighted by Gasteiger charge is 2.28. The highest BCUT2D eigenvalue weighted by molar-refractivity contribution is 6.35. The molecule has 37 heavy (non-hydrogen) atoms. The Kier molecular flexibility index (Phi) is 12.4. The van der Waals surface area contributed by atoms with E-state index in [2.05, 4.69) is 15.6 Å². The first-order chi connectivity index (χ1) is 18.0. The average molecular weight is 554 g/mol. The fourth-order valence-electron chi connectivity index (χ4n) is 3.84. The summed E-state index contributed by atoms with van der Waals surface area (Å²) in [6.45, 7) is 2.80. The number of carbonyl (C=O) groups excluding carboxylic acids is 2. The van der Waals surface area contributed by atoms with Gasteiger partial charge < -0.3 is 29.6 Å². The molecule has 1 fully saturated rings. The van der Waals surface area contributed by atoms with Crippen LogP contribution in [0.15, 0.2) is 36.5 Å². The number of methoxy groups -OCH3 is 1. The van der Waals surface area contributed by atoms with Gasteiger partial charge in [0, 0.05) is 37.0 Å². The number of ether oxygens (including phenoxy) is 4. The Morgan fingerprint density at radius 3 is 2.32 bits per heavy atom. The van der Waals surface area contributed by atoms with Crippen molar-refractivity contribution in [3.63, 3.8) is 0 Å². The summed E-state index contributed by atoms with van der Waals surface area (Å²) in [5.74, 6) is 0.00821. The van der Waals surface area contributed by atoms with E-state index in [1.807, 2.05) is 0 Å². The molecule has 9 nitrogen and oxygen atoms in total. The van der Waals surface area contributed by atoms with Crippen molar-refractivity contribution in [2.45, 2.75) is 31.8 Å². The van der Waals surface area contributed by atoms with Crippen LogP contribution in [0.2, 0.25) is 10.0 Å². The zero-order chi connectivity index (χ0) is 26.5. The zero-order valence-electron chi connectivity index (χ0n) is 20.8. The molecule has 1 saturated carbocycles. The van der Waals surface area contributed by atoms with Crippen molar-refractivity contribution in [1.82, 2.24) is 10.3 Å². The molecule has 2 N–H and O–H groups in total. The summed E-state index contributed by atoms with van der Waals surface area (Å²) >= 11 is 12.0. The highest BCUT2D eigenvalue weighted by atomic mass is 35.5. The number of benzene rings is 1. The fraction of sp³-hybridized carbons (Fsp3) is 0.500. The molecule has 11 heteroatoms. The quantitative estimate of drug-likeness (QED) is 0.334. The van der Waals surface area contributed by atoms with Crippen LogP contribution in [0.5, 0.6) is 5.88 Å². The Bertz CT molecular complexity index is 1000. The number of pyridine rings is 1. The molecule has 1 aliphatic carbocycles. The summed E-state index contributed by atoms with van der Waals surface area (Å²) in [6.07, 6.45) is 4.29. The number of carbonyl (C=O) groups is 2. The maximum absolute atomic E-state index is 12.7. The largest absolute Gasteiger partial charge is 0.473 e. The van der Waals surface area contributed by atoms with Crippen LogP contribution in [0.3, 0.4) is 0 Å². The monoisotopic (exact) mass is 553 g/mol. The second-order valence-electron chi connectivity index (χ2n) is 8.57. The first-order valence-electron chi connectivity index (χ1n) is 12.3. The molecule has 1 aromatic carbocycles. The molecule has 0 spiro atoms. The molecular formula is C26H33Cl2N3O6. The van der Waals surface area contributed by atoms with Crippen LogP contribution in [0.4, 0.5) is 5.69 Å². The molecule has 0 saturated heterocycles. The Balaban J connectivity index is 1.33. The first kappa shape index (κ1) is 29.1. The minimum atomic E-state index is -0.202. The van der Waals surface area contributed by atoms with Gasteiger partial charge in [0.05, 0.1) is 38.1 Å². The van der Waals surface area contributed by atoms with Gasteiger partial charge in [-0.1, -0.05) is 23.2 Å². The third-order valence-electron chi connectivity index (χ3n) is 5.85. The van der Waals surface area contributed by atoms with Crippen molar-refractivity contribution in [1.29, 1.82) is 0 Å². The SMILES string of the molecule is COCCOCCOCCNC(=O)c1ccc(NC(=O)C2CCC(Oc3ncc(Cl)cc3Cl)CC2)cc1. The van der Waals surface area contributed by atoms with E-state index in [4.69, 9.17) is 42.1 Å². The van der Waals surface area contributed by atoms with Gasteiger partial charge in [-0.15, -0.1) is 0 Å². The molecule has 3 rings (SSSR count). The lowest BCUT2D eigenvalue weighted by Crippen LogP contribution is -2.31. The number of hydrogen-bond donors (Lipinski definition) is 2. The topological polar surface area (TPSA) is 108 Å². The summed E-state index contributed by atoms with van der Waals surface area (Å²) < 4.78 is 21.5. The van der Waals surface area contributed by atoms with Crippen LogP contribution < -0.4 is 15.4 Å². The lowest BCUT2D eigenvalue weighted by Gasteiger charge is -2.28. The number of amides is 2. The van der Waals surface area contributed by atoms with Gasteiger partial charge in [0.1, 0.15) is 11.1 Å². The van der Waals surface area contributed by atoms with E-state index in [1.54, 1.807) is 37.4 Å². The van der Waals surface area contributed by atoms with Crippen LogP contribution in [0, 0.1) is 5.92 Å². The number of nitrogens with one attached hydrogen (secondary N) is 2. The molecule has 1 heterocycles. The second-order valence-corrected chi connectivity index (χ2v) is 9.42. The Morgan fingerprint density at radius 2 is 1.65 bits per heavy atom. The molecule has 0 atom stereocenters. The van der Waals surface area contributed by atoms with Crippen molar-refractivity contribution < 1.29 is 28.5 Å². The first-order valence-corrected chi connectivity index (χ1v) is 13.0. The molecule has 202 valence electrons. The Morgan fingerprint density at radius 1 is 0.973 bits per heavy atom. The van der Waals surface area contributed by atoms with Gasteiger partial charge in [-0.2, -0.15) is 0 Å². The van der Waals surface area contributed by atoms with E-state index in [0.29, 0.717) is 79.6 Å². The molecule has 0 radical (unpaired) electrons. The van der Waals surface area contributed by atoms with Crippen LogP contribution in [-0.2, 0) is 19.0 Å². The molecular weight excluding hydrogens is 521 g/mol. The van der Waals surface area contributed by atoms with E-state index in [9.17, 15) is 9.59 Å². The van der Waals surface area contributed by atoms with Gasteiger partial charge in [0.15, 0.2) is 0 Å². The summed E-state index contributed by atoms with van der Waals surface area (Å²) in [5.41, 5.74) is 1.15. The maximum atomic E-state index is 12.7. The smallest absolute Gasteiger partial charge is 0.251 e. The predicted molar refractivity (Wildman–Crippen MR) is 142 cm³/mol. The van der Waals surface area contributed by atoms with Gasteiger partial charge in [0.2, 0.25) is 11.8 Å². The average Bonchev–Trinajstić information content (AvgIpc) is 2.90. The molecule has 0 bridgehead atoms. The number of nitrogens with zero attached hydrogens (tertiary/aromatic N) is 1. The third-order valence-corrected chi connectivity index (χ3v) is 6.33. The molecule has 2 amide bonds. The van der Waals surface area contributed by atoms with Crippen LogP contribution in [-0.4, -0.2) is 69.6 Å². The lowest BCUT2D eigenvalue weighted by atomic mass is 9.86. The molecule has 1 aliphatic rings. The molecule has 0 aliphatic heterocycles. The van der Waals surface area contributed by atoms with E-state index in [-0.39, 0.29) is 23.8 Å². The fourth-order valence-corrected chi connectivity index (χ4v) is 4.27. The normalized spacial score (nSPS) is 17.3. The number of aromatic nitrogens is 1. The van der Waals surface area contributed by atoms with Crippen molar-refractivity contribution in [3.8, 4) is 5.88 Å². The second kappa shape index (κ2) is 15.7. The minimum absolute atomic E-state index is 0.0401. The van der Waals surface area contributed by atoms with E-state index in [1.165, 1.54) is 6.20 Å². The maximum Gasteiger partial charge on any atom is 0.251 e. The molecule has 0 unspecified atom stereocenters. The van der Waals surface area contributed by atoms with Crippen LogP contribution in [0.1, 0.15) is 36.0 Å². The van der Waals surface area contributed by atoms with Crippen molar-refractivity contribution >= 4 is 40.7 Å². The van der Waals surface area contributed by atoms with Gasteiger partial charge >= 0.3 is 0 Å². The van der Waals surface area contributed by atoms with Gasteiger partial charge in [0.25, 0.3) is 5.91 Å². The number of halogens is 2. The van der Waals surface area contributed by atoms with Gasteiger partial charge in [-0.3, -0.25) is 9.59 Å². The van der Waals surface area contributed by atoms with Crippen LogP contribution >= 0.6 is 23.2 Å². The van der Waals surface area contributed by atoms with Crippen molar-refractivity contribution in [2.24, 2.45) is 5.92 Å². The van der Waals surface area contributed by atoms with Gasteiger partial charge in [-0.25, -0.2) is 4.98 Å². The Labute approximate surface area is 227 Å². The van der Waals surface area contributed by atoms with E-state index < -0.39 is 0 Å². The van der Waals surface area contributed by atoms with Crippen molar-refractivity contribution in [3.05, 3.63) is 52.1 Å². The Hall–Kier alpha value is -2.43. The van der Waals surface area contributed by atoms with E-state index >= 15 is 0 Å². The number of anilines is 1. The molecule has 2 aromatic rings. The summed E-state index contributed by atoms with van der Waals surface area (Å²) in [4.78, 5) is 29.2. The standard InChI is InChI=1S/C26H33Cl2N3O6/c1-34-12-13-36-15-14-35-11-10-29-24(32)18-2-6-21(7-3-18)31-25(33)19-4-8-22(9-5-19)37-26-23(28)16-20(27)17-30-26/h2-3,6-7,16-17,19,22H,4-5,8-15H2,1H3,(H,29,32)(H,31,33). The minimum Gasteiger partial charge on any atom is -0.473 e. The predicted octanol–water partition coefficient (Wildman–Crippen LogP) is 4.37. The summed E-state index contributed by atoms with van der Waals surface area (Å²) in [7, 11) is 1.62. The summed E-state index contributed by atoms with van der Waals surface area (Å²) in [6, 6.07) is 8.41. The third kappa shape index (κ3) is 10.1. The number of rotatable bonds is 14. The lowest BCUT2D eigenvalue weighted by molar-refractivity contribution is -0.121. The molecule has 1 aromatic heterocycles. The van der Waals surface area contributed by atoms with Crippen LogP contribution in [0.25, 0.3) is 0 Å². The number of hydrogen-bond acceptors (Lipinski definition) is 7. The summed E-state index contributed by atoms with van der Waals surface area (Å²) in [5, 5.41) is 6.57. The highest BCUT2D eigenvalue weighted by Crippen LogP contribution is 2.31. The van der Waals surface area contributed by atoms with Gasteiger partial charge in [-0.05, 0) is 56.0 Å². The zero-order valence-corrected chi connectivity index (χ0v) is 22.4. The van der Waals surface area contributed by atoms with E-state index in [0.717, 1.165) is 12.8 Å². The van der Waals surface area contributed by atoms with Crippen molar-refractivity contribution in [2.75, 3.05) is 52.0 Å².